The number of aliphatic hydroxyl groups excluding tert-OH is 1. The molecule has 2 rings (SSSR count). The highest BCUT2D eigenvalue weighted by molar-refractivity contribution is 5.38. The molecule has 1 N–H and O–H groups in total. The molecule has 0 fully saturated rings. The molecule has 2 aromatic rings. The van der Waals surface area contributed by atoms with Crippen molar-refractivity contribution in [3.05, 3.63) is 47.9 Å². The van der Waals surface area contributed by atoms with E-state index in [0.29, 0.717) is 25.6 Å². The Labute approximate surface area is 168 Å². The van der Waals surface area contributed by atoms with Crippen molar-refractivity contribution in [2.75, 3.05) is 33.9 Å². The van der Waals surface area contributed by atoms with Crippen LogP contribution in [0, 0.1) is 5.92 Å². The lowest BCUT2D eigenvalue weighted by Crippen LogP contribution is -2.35. The number of furan rings is 1. The molecule has 0 aliphatic heterocycles. The van der Waals surface area contributed by atoms with Gasteiger partial charge in [0.15, 0.2) is 0 Å². The topological polar surface area (TPSA) is 64.3 Å². The van der Waals surface area contributed by atoms with Gasteiger partial charge in [0, 0.05) is 19.2 Å². The first kappa shape index (κ1) is 22.3. The average molecular weight is 392 g/mol. The Kier molecular flexibility index (Phi) is 9.34. The largest absolute Gasteiger partial charge is 0.497 e. The van der Waals surface area contributed by atoms with E-state index in [4.69, 9.17) is 18.6 Å². The minimum Gasteiger partial charge on any atom is -0.497 e. The van der Waals surface area contributed by atoms with Crippen LogP contribution in [0.4, 0.5) is 0 Å². The van der Waals surface area contributed by atoms with E-state index >= 15 is 0 Å². The summed E-state index contributed by atoms with van der Waals surface area (Å²) in [6.45, 7) is 7.17. The summed E-state index contributed by atoms with van der Waals surface area (Å²) in [5.74, 6) is 2.88. The van der Waals surface area contributed by atoms with Crippen LogP contribution in [0.5, 0.6) is 11.5 Å². The van der Waals surface area contributed by atoms with Gasteiger partial charge < -0.3 is 23.7 Å². The highest BCUT2D eigenvalue weighted by Gasteiger charge is 2.15. The molecule has 6 heteroatoms. The second-order valence-electron chi connectivity index (χ2n) is 7.39. The summed E-state index contributed by atoms with van der Waals surface area (Å²) in [6.07, 6.45) is 2.10. The fourth-order valence-corrected chi connectivity index (χ4v) is 2.93. The molecule has 1 aromatic carbocycles. The molecule has 0 aliphatic rings. The summed E-state index contributed by atoms with van der Waals surface area (Å²) < 4.78 is 21.6. The molecule has 0 radical (unpaired) electrons. The van der Waals surface area contributed by atoms with Gasteiger partial charge >= 0.3 is 0 Å². The van der Waals surface area contributed by atoms with Gasteiger partial charge in [0.2, 0.25) is 0 Å². The number of benzene rings is 1. The molecule has 0 bridgehead atoms. The highest BCUT2D eigenvalue weighted by atomic mass is 16.5. The molecule has 0 unspecified atom stereocenters. The molecule has 156 valence electrons. The van der Waals surface area contributed by atoms with E-state index in [-0.39, 0.29) is 6.61 Å². The van der Waals surface area contributed by atoms with Gasteiger partial charge in [-0.25, -0.2) is 0 Å². The lowest BCUT2D eigenvalue weighted by atomic mass is 10.1. The van der Waals surface area contributed by atoms with E-state index in [2.05, 4.69) is 18.7 Å². The van der Waals surface area contributed by atoms with Gasteiger partial charge in [-0.15, -0.1) is 0 Å². The number of nitrogens with zero attached hydrogens (tertiary/aromatic N) is 1. The summed E-state index contributed by atoms with van der Waals surface area (Å²) in [5, 5.41) is 10.4. The van der Waals surface area contributed by atoms with Crippen LogP contribution in [-0.4, -0.2) is 50.0 Å². The van der Waals surface area contributed by atoms with E-state index in [0.717, 1.165) is 35.8 Å². The lowest BCUT2D eigenvalue weighted by Gasteiger charge is -2.26. The van der Waals surface area contributed by atoms with E-state index in [1.807, 2.05) is 30.3 Å². The number of methoxy groups -OCH3 is 2. The van der Waals surface area contributed by atoms with Gasteiger partial charge in [-0.1, -0.05) is 13.8 Å². The van der Waals surface area contributed by atoms with E-state index in [9.17, 15) is 5.11 Å². The third-order valence-electron chi connectivity index (χ3n) is 4.44. The Morgan fingerprint density at radius 2 is 1.82 bits per heavy atom. The van der Waals surface area contributed by atoms with Crippen molar-refractivity contribution >= 4 is 0 Å². The van der Waals surface area contributed by atoms with Crippen molar-refractivity contribution in [1.29, 1.82) is 0 Å². The van der Waals surface area contributed by atoms with Gasteiger partial charge in [0.05, 0.1) is 33.2 Å². The molecular formula is C22H33NO5. The van der Waals surface area contributed by atoms with Crippen molar-refractivity contribution in [3.8, 4) is 11.5 Å². The zero-order valence-corrected chi connectivity index (χ0v) is 17.4. The maximum Gasteiger partial charge on any atom is 0.129 e. The first-order valence-electron chi connectivity index (χ1n) is 9.72. The molecule has 0 aliphatic carbocycles. The van der Waals surface area contributed by atoms with Crippen LogP contribution < -0.4 is 9.47 Å². The predicted octanol–water partition coefficient (Wildman–Crippen LogP) is 3.72. The SMILES string of the molecule is COc1cc(CN(CCC(C)C)C[C@@H](O)COCc2ccco2)cc(OC)c1. The third-order valence-corrected chi connectivity index (χ3v) is 4.44. The number of ether oxygens (including phenoxy) is 3. The standard InChI is InChI=1S/C22H33NO5/c1-17(2)7-8-23(13-18-10-21(25-3)12-22(11-18)26-4)14-19(24)15-27-16-20-6-5-9-28-20/h5-6,9-12,17,19,24H,7-8,13-16H2,1-4H3/t19-/m1/s1. The van der Waals surface area contributed by atoms with Crippen LogP contribution in [0.3, 0.4) is 0 Å². The van der Waals surface area contributed by atoms with Crippen LogP contribution in [0.25, 0.3) is 0 Å². The molecule has 28 heavy (non-hydrogen) atoms. The summed E-state index contributed by atoms with van der Waals surface area (Å²) in [7, 11) is 3.30. The monoisotopic (exact) mass is 391 g/mol. The highest BCUT2D eigenvalue weighted by Crippen LogP contribution is 2.23. The lowest BCUT2D eigenvalue weighted by molar-refractivity contribution is 0.00324. The van der Waals surface area contributed by atoms with E-state index in [1.165, 1.54) is 0 Å². The molecule has 6 nitrogen and oxygen atoms in total. The number of hydrogen-bond donors (Lipinski definition) is 1. The Hall–Kier alpha value is -2.02. The number of hydrogen-bond acceptors (Lipinski definition) is 6. The van der Waals surface area contributed by atoms with Crippen molar-refractivity contribution in [1.82, 2.24) is 4.90 Å². The minimum atomic E-state index is -0.574. The van der Waals surface area contributed by atoms with E-state index in [1.54, 1.807) is 20.5 Å². The van der Waals surface area contributed by atoms with Crippen LogP contribution in [-0.2, 0) is 17.9 Å². The Bertz CT molecular complexity index is 649. The van der Waals surface area contributed by atoms with Crippen molar-refractivity contribution in [3.63, 3.8) is 0 Å². The summed E-state index contributed by atoms with van der Waals surface area (Å²) in [4.78, 5) is 2.25. The quantitative estimate of drug-likeness (QED) is 0.561. The Balaban J connectivity index is 1.94. The second-order valence-corrected chi connectivity index (χ2v) is 7.39. The van der Waals surface area contributed by atoms with Gasteiger partial charge in [0.25, 0.3) is 0 Å². The fraction of sp³-hybridized carbons (Fsp3) is 0.545. The van der Waals surface area contributed by atoms with Crippen molar-refractivity contribution in [2.24, 2.45) is 5.92 Å². The molecule has 1 heterocycles. The summed E-state index contributed by atoms with van der Waals surface area (Å²) >= 11 is 0. The first-order valence-corrected chi connectivity index (χ1v) is 9.72. The molecule has 0 spiro atoms. The average Bonchev–Trinajstić information content (AvgIpc) is 3.19. The van der Waals surface area contributed by atoms with Gasteiger partial charge in [-0.3, -0.25) is 4.90 Å². The maximum absolute atomic E-state index is 10.4. The maximum atomic E-state index is 10.4. The predicted molar refractivity (Wildman–Crippen MR) is 109 cm³/mol. The molecule has 1 aromatic heterocycles. The Morgan fingerprint density at radius 1 is 1.11 bits per heavy atom. The number of rotatable bonds is 13. The van der Waals surface area contributed by atoms with Crippen LogP contribution in [0.1, 0.15) is 31.6 Å². The summed E-state index contributed by atoms with van der Waals surface area (Å²) in [6, 6.07) is 9.55. The Morgan fingerprint density at radius 3 is 2.39 bits per heavy atom. The van der Waals surface area contributed by atoms with Crippen molar-refractivity contribution < 1.29 is 23.7 Å². The van der Waals surface area contributed by atoms with Crippen LogP contribution in [0.15, 0.2) is 41.0 Å². The minimum absolute atomic E-state index is 0.264. The third kappa shape index (κ3) is 7.92. The van der Waals surface area contributed by atoms with Crippen LogP contribution >= 0.6 is 0 Å². The summed E-state index contributed by atoms with van der Waals surface area (Å²) in [5.41, 5.74) is 1.09. The zero-order chi connectivity index (χ0) is 20.4. The fourth-order valence-electron chi connectivity index (χ4n) is 2.93. The van der Waals surface area contributed by atoms with Gasteiger partial charge in [-0.2, -0.15) is 0 Å². The number of aliphatic hydroxyl groups is 1. The first-order chi connectivity index (χ1) is 13.5. The molecule has 0 saturated heterocycles. The second kappa shape index (κ2) is 11.7. The zero-order valence-electron chi connectivity index (χ0n) is 17.4. The molecule has 0 saturated carbocycles. The molecular weight excluding hydrogens is 358 g/mol. The normalized spacial score (nSPS) is 12.5. The molecule has 0 amide bonds. The van der Waals surface area contributed by atoms with Crippen LogP contribution in [0.2, 0.25) is 0 Å². The molecule has 1 atom stereocenters. The van der Waals surface area contributed by atoms with E-state index < -0.39 is 6.10 Å². The van der Waals surface area contributed by atoms with Crippen molar-refractivity contribution in [2.45, 2.75) is 39.5 Å². The van der Waals surface area contributed by atoms with Gasteiger partial charge in [-0.05, 0) is 48.7 Å². The van der Waals surface area contributed by atoms with Gasteiger partial charge in [0.1, 0.15) is 23.9 Å². The smallest absolute Gasteiger partial charge is 0.129 e.